The molecule has 2 aliphatic heterocycles. The van der Waals surface area contributed by atoms with Gasteiger partial charge in [0.1, 0.15) is 17.1 Å². The van der Waals surface area contributed by atoms with Gasteiger partial charge in [0, 0.05) is 28.7 Å². The molecule has 2 heterocycles. The SMILES string of the molecule is CC.COc1cc2c(cc1OC)[C@@H]1C(=O)c3ccc4c(c3C[C@@H]1CO2)C=CC(C)(C)O4. The third-order valence-electron chi connectivity index (χ3n) is 6.13. The molecule has 0 fully saturated rings. The number of carbonyl (C=O) groups is 1. The van der Waals surface area contributed by atoms with Crippen molar-refractivity contribution in [3.63, 3.8) is 0 Å². The minimum absolute atomic E-state index is 0.0791. The van der Waals surface area contributed by atoms with Gasteiger partial charge in [-0.25, -0.2) is 0 Å². The average Bonchev–Trinajstić information content (AvgIpc) is 2.78. The highest BCUT2D eigenvalue weighted by atomic mass is 16.5. The van der Waals surface area contributed by atoms with Gasteiger partial charge in [0.15, 0.2) is 17.3 Å². The minimum atomic E-state index is -0.342. The minimum Gasteiger partial charge on any atom is -0.493 e. The lowest BCUT2D eigenvalue weighted by Crippen LogP contribution is -2.37. The molecule has 5 nitrogen and oxygen atoms in total. The maximum atomic E-state index is 13.6. The van der Waals surface area contributed by atoms with Crippen LogP contribution in [0.25, 0.3) is 6.08 Å². The molecule has 0 radical (unpaired) electrons. The van der Waals surface area contributed by atoms with Gasteiger partial charge in [0.05, 0.1) is 26.7 Å². The van der Waals surface area contributed by atoms with Crippen LogP contribution in [0.15, 0.2) is 30.3 Å². The fourth-order valence-electron chi connectivity index (χ4n) is 4.72. The van der Waals surface area contributed by atoms with Gasteiger partial charge in [-0.15, -0.1) is 0 Å². The first-order valence-electron chi connectivity index (χ1n) is 10.9. The molecule has 164 valence electrons. The maximum absolute atomic E-state index is 13.6. The largest absolute Gasteiger partial charge is 0.493 e. The third kappa shape index (κ3) is 3.46. The molecule has 0 unspecified atom stereocenters. The quantitative estimate of drug-likeness (QED) is 0.645. The zero-order chi connectivity index (χ0) is 22.3. The highest BCUT2D eigenvalue weighted by Crippen LogP contribution is 2.49. The predicted molar refractivity (Wildman–Crippen MR) is 121 cm³/mol. The monoisotopic (exact) mass is 422 g/mol. The molecule has 0 bridgehead atoms. The lowest BCUT2D eigenvalue weighted by Gasteiger charge is -2.38. The van der Waals surface area contributed by atoms with Gasteiger partial charge >= 0.3 is 0 Å². The molecule has 0 saturated heterocycles. The molecular weight excluding hydrogens is 392 g/mol. The molecule has 0 N–H and O–H groups in total. The van der Waals surface area contributed by atoms with E-state index in [2.05, 4.69) is 12.2 Å². The molecule has 0 aromatic heterocycles. The Morgan fingerprint density at radius 3 is 2.45 bits per heavy atom. The summed E-state index contributed by atoms with van der Waals surface area (Å²) in [6.45, 7) is 8.55. The van der Waals surface area contributed by atoms with Crippen molar-refractivity contribution in [3.05, 3.63) is 52.6 Å². The summed E-state index contributed by atoms with van der Waals surface area (Å²) in [7, 11) is 3.20. The van der Waals surface area contributed by atoms with Crippen LogP contribution in [0.2, 0.25) is 0 Å². The van der Waals surface area contributed by atoms with Crippen LogP contribution in [0, 0.1) is 5.92 Å². The van der Waals surface area contributed by atoms with Gasteiger partial charge in [0.25, 0.3) is 0 Å². The number of rotatable bonds is 2. The topological polar surface area (TPSA) is 54.0 Å². The van der Waals surface area contributed by atoms with Crippen LogP contribution in [-0.2, 0) is 6.42 Å². The second-order valence-corrected chi connectivity index (χ2v) is 8.40. The summed E-state index contributed by atoms with van der Waals surface area (Å²) in [5.74, 6) is 2.72. The van der Waals surface area contributed by atoms with Crippen molar-refractivity contribution < 1.29 is 23.7 Å². The summed E-state index contributed by atoms with van der Waals surface area (Å²) < 4.78 is 23.0. The lowest BCUT2D eigenvalue weighted by molar-refractivity contribution is 0.0850. The number of methoxy groups -OCH3 is 2. The van der Waals surface area contributed by atoms with E-state index in [-0.39, 0.29) is 23.2 Å². The Morgan fingerprint density at radius 1 is 1.03 bits per heavy atom. The van der Waals surface area contributed by atoms with Crippen LogP contribution in [-0.4, -0.2) is 32.2 Å². The van der Waals surface area contributed by atoms with Crippen molar-refractivity contribution in [1.82, 2.24) is 0 Å². The van der Waals surface area contributed by atoms with Crippen molar-refractivity contribution in [1.29, 1.82) is 0 Å². The first kappa shape index (κ1) is 21.3. The highest BCUT2D eigenvalue weighted by Gasteiger charge is 2.43. The fraction of sp³-hybridized carbons (Fsp3) is 0.423. The Labute approximate surface area is 184 Å². The molecule has 31 heavy (non-hydrogen) atoms. The normalized spacial score (nSPS) is 21.7. The molecule has 1 aliphatic carbocycles. The Balaban J connectivity index is 0.00000112. The molecule has 2 aromatic carbocycles. The van der Waals surface area contributed by atoms with Crippen LogP contribution < -0.4 is 18.9 Å². The van der Waals surface area contributed by atoms with E-state index in [0.717, 1.165) is 34.4 Å². The van der Waals surface area contributed by atoms with E-state index in [1.165, 1.54) is 0 Å². The van der Waals surface area contributed by atoms with E-state index >= 15 is 0 Å². The molecular formula is C26H30O5. The molecule has 0 amide bonds. The first-order valence-corrected chi connectivity index (χ1v) is 10.9. The van der Waals surface area contributed by atoms with Crippen molar-refractivity contribution in [3.8, 4) is 23.0 Å². The van der Waals surface area contributed by atoms with Gasteiger partial charge < -0.3 is 18.9 Å². The lowest BCUT2D eigenvalue weighted by atomic mass is 9.69. The zero-order valence-electron chi connectivity index (χ0n) is 19.1. The first-order chi connectivity index (χ1) is 14.9. The summed E-state index contributed by atoms with van der Waals surface area (Å²) in [6.07, 6.45) is 4.92. The van der Waals surface area contributed by atoms with E-state index in [9.17, 15) is 4.79 Å². The molecule has 3 aliphatic rings. The number of Topliss-reactive ketones (excluding diaryl/α,β-unsaturated/α-hetero) is 1. The van der Waals surface area contributed by atoms with Gasteiger partial charge in [-0.3, -0.25) is 4.79 Å². The Hall–Kier alpha value is -2.95. The highest BCUT2D eigenvalue weighted by molar-refractivity contribution is 6.05. The molecule has 0 saturated carbocycles. The second-order valence-electron chi connectivity index (χ2n) is 8.40. The molecule has 0 spiro atoms. The number of fused-ring (bicyclic) bond motifs is 6. The van der Waals surface area contributed by atoms with E-state index in [1.54, 1.807) is 14.2 Å². The van der Waals surface area contributed by atoms with Crippen molar-refractivity contribution >= 4 is 11.9 Å². The number of carbonyl (C=O) groups excluding carboxylic acids is 1. The predicted octanol–water partition coefficient (Wildman–Crippen LogP) is 5.45. The van der Waals surface area contributed by atoms with Crippen LogP contribution in [0.1, 0.15) is 60.7 Å². The Bertz CT molecular complexity index is 1050. The maximum Gasteiger partial charge on any atom is 0.171 e. The van der Waals surface area contributed by atoms with Crippen LogP contribution in [0.3, 0.4) is 0 Å². The average molecular weight is 423 g/mol. The number of benzene rings is 2. The fourth-order valence-corrected chi connectivity index (χ4v) is 4.72. The van der Waals surface area contributed by atoms with E-state index in [4.69, 9.17) is 18.9 Å². The van der Waals surface area contributed by atoms with Crippen LogP contribution >= 0.6 is 0 Å². The molecule has 5 heteroatoms. The third-order valence-corrected chi connectivity index (χ3v) is 6.13. The van der Waals surface area contributed by atoms with Crippen LogP contribution in [0.5, 0.6) is 23.0 Å². The summed E-state index contributed by atoms with van der Waals surface area (Å²) >= 11 is 0. The standard InChI is InChI=1S/C24H24O5.C2H6/c1-24(2)8-7-14-16-9-13-12-28-19-11-21(27-4)20(26-3)10-17(19)22(13)23(25)15(16)5-6-18(14)29-24;1-2/h5-8,10-11,13,22H,9,12H2,1-4H3;1-2H3/t13-,22-;/m1./s1. The second kappa shape index (κ2) is 7.95. The summed E-state index contributed by atoms with van der Waals surface area (Å²) in [5.41, 5.74) is 3.39. The summed E-state index contributed by atoms with van der Waals surface area (Å²) in [5, 5.41) is 0. The van der Waals surface area contributed by atoms with Gasteiger partial charge in [-0.1, -0.05) is 19.9 Å². The summed E-state index contributed by atoms with van der Waals surface area (Å²) in [4.78, 5) is 13.6. The Morgan fingerprint density at radius 2 is 1.74 bits per heavy atom. The number of ether oxygens (including phenoxy) is 4. The van der Waals surface area contributed by atoms with Crippen LogP contribution in [0.4, 0.5) is 0 Å². The van der Waals surface area contributed by atoms with Gasteiger partial charge in [-0.2, -0.15) is 0 Å². The molecule has 2 atom stereocenters. The van der Waals surface area contributed by atoms with Gasteiger partial charge in [-0.05, 0) is 50.1 Å². The van der Waals surface area contributed by atoms with Gasteiger partial charge in [0.2, 0.25) is 0 Å². The smallest absolute Gasteiger partial charge is 0.171 e. The zero-order valence-corrected chi connectivity index (χ0v) is 19.1. The van der Waals surface area contributed by atoms with E-state index in [1.807, 2.05) is 52.0 Å². The van der Waals surface area contributed by atoms with Crippen molar-refractivity contribution in [2.45, 2.75) is 45.6 Å². The van der Waals surface area contributed by atoms with E-state index < -0.39 is 0 Å². The number of hydrogen-bond acceptors (Lipinski definition) is 5. The molecule has 2 aromatic rings. The molecule has 5 rings (SSSR count). The number of ketones is 1. The van der Waals surface area contributed by atoms with Crippen molar-refractivity contribution in [2.75, 3.05) is 20.8 Å². The number of hydrogen-bond donors (Lipinski definition) is 0. The Kier molecular flexibility index (Phi) is 5.46. The summed E-state index contributed by atoms with van der Waals surface area (Å²) in [6, 6.07) is 7.54. The van der Waals surface area contributed by atoms with Crippen molar-refractivity contribution in [2.24, 2.45) is 5.92 Å². The van der Waals surface area contributed by atoms with E-state index in [0.29, 0.717) is 23.9 Å².